The van der Waals surface area contributed by atoms with E-state index in [1.165, 1.54) is 21.5 Å². The molecular weight excluding hydrogens is 467 g/mol. The van der Waals surface area contributed by atoms with Crippen molar-refractivity contribution in [1.82, 2.24) is 0 Å². The molecule has 3 aromatic carbocycles. The molecule has 2 unspecified atom stereocenters. The molecule has 0 aromatic heterocycles. The molecule has 1 fully saturated rings. The summed E-state index contributed by atoms with van der Waals surface area (Å²) < 4.78 is 5.34. The molecule has 162 valence electrons. The Kier molecular flexibility index (Phi) is 5.87. The SMILES string of the molecule is CCOC(=O)CC1(C)CC1P(Br)(c1ccccc1)(c1ccccc1)c1ccc(C)cc1. The Bertz CT molecular complexity index is 1030. The van der Waals surface area contributed by atoms with Crippen LogP contribution in [0.5, 0.6) is 0 Å². The molecule has 1 aliphatic rings. The van der Waals surface area contributed by atoms with Crippen LogP contribution in [0.15, 0.2) is 84.9 Å². The molecule has 4 rings (SSSR count). The van der Waals surface area contributed by atoms with Gasteiger partial charge in [0, 0.05) is 0 Å². The van der Waals surface area contributed by atoms with Crippen LogP contribution in [0.25, 0.3) is 0 Å². The number of rotatable bonds is 7. The Morgan fingerprint density at radius 3 is 1.90 bits per heavy atom. The van der Waals surface area contributed by atoms with E-state index in [2.05, 4.69) is 114 Å². The number of hydrogen-bond donors (Lipinski definition) is 0. The van der Waals surface area contributed by atoms with Crippen molar-refractivity contribution in [3.63, 3.8) is 0 Å². The molecule has 0 bridgehead atoms. The van der Waals surface area contributed by atoms with Crippen LogP contribution >= 0.6 is 20.8 Å². The van der Waals surface area contributed by atoms with Crippen LogP contribution in [0.2, 0.25) is 0 Å². The van der Waals surface area contributed by atoms with E-state index in [1.54, 1.807) is 0 Å². The van der Waals surface area contributed by atoms with Crippen molar-refractivity contribution in [2.45, 2.75) is 39.3 Å². The molecule has 0 amide bonds. The number of ether oxygens (including phenoxy) is 1. The molecule has 0 heterocycles. The standard InChI is InChI=1S/C27H30BrO2P/c1-4-30-26(29)20-27(3)19-25(27)31(28,22-11-7-5-8-12-22,23-13-9-6-10-14-23)24-17-15-21(2)16-18-24/h5-18,25H,4,19-20H2,1-3H3. The summed E-state index contributed by atoms with van der Waals surface area (Å²) in [5.41, 5.74) is 1.42. The number of aryl methyl sites for hydroxylation is 1. The summed E-state index contributed by atoms with van der Waals surface area (Å²) in [7, 11) is 0. The van der Waals surface area contributed by atoms with Gasteiger partial charge >= 0.3 is 194 Å². The topological polar surface area (TPSA) is 26.3 Å². The van der Waals surface area contributed by atoms with Gasteiger partial charge in [0.1, 0.15) is 0 Å². The van der Waals surface area contributed by atoms with Gasteiger partial charge in [-0.25, -0.2) is 0 Å². The van der Waals surface area contributed by atoms with Crippen molar-refractivity contribution >= 4 is 42.7 Å². The van der Waals surface area contributed by atoms with Gasteiger partial charge < -0.3 is 0 Å². The van der Waals surface area contributed by atoms with E-state index in [1.807, 2.05) is 6.92 Å². The normalized spacial score (nSPS) is 21.7. The molecule has 4 heteroatoms. The van der Waals surface area contributed by atoms with E-state index in [0.29, 0.717) is 18.7 Å². The molecular formula is C27H30BrO2P. The van der Waals surface area contributed by atoms with Gasteiger partial charge in [0.15, 0.2) is 0 Å². The zero-order valence-corrected chi connectivity index (χ0v) is 20.9. The number of carbonyl (C=O) groups is 1. The van der Waals surface area contributed by atoms with Crippen molar-refractivity contribution in [1.29, 1.82) is 0 Å². The van der Waals surface area contributed by atoms with Gasteiger partial charge in [0.25, 0.3) is 0 Å². The first kappa shape index (κ1) is 22.2. The second-order valence-corrected chi connectivity index (χ2v) is 17.7. The van der Waals surface area contributed by atoms with E-state index in [4.69, 9.17) is 4.74 Å². The van der Waals surface area contributed by atoms with E-state index < -0.39 is 5.31 Å². The Hall–Kier alpha value is -1.96. The third-order valence-electron chi connectivity index (χ3n) is 6.80. The third kappa shape index (κ3) is 3.56. The first-order valence-corrected chi connectivity index (χ1v) is 15.2. The molecule has 2 nitrogen and oxygen atoms in total. The Labute approximate surface area is 193 Å². The van der Waals surface area contributed by atoms with Gasteiger partial charge in [0.05, 0.1) is 0 Å². The molecule has 0 aliphatic heterocycles. The summed E-state index contributed by atoms with van der Waals surface area (Å²) in [4.78, 5) is 12.5. The second kappa shape index (κ2) is 8.19. The second-order valence-electron chi connectivity index (χ2n) is 8.94. The van der Waals surface area contributed by atoms with E-state index in [0.717, 1.165) is 6.42 Å². The predicted octanol–water partition coefficient (Wildman–Crippen LogP) is 5.87. The quantitative estimate of drug-likeness (QED) is 0.302. The number of halogens is 1. The molecule has 0 spiro atoms. The third-order valence-corrected chi connectivity index (χ3v) is 17.9. The fourth-order valence-electron chi connectivity index (χ4n) is 5.13. The Morgan fingerprint density at radius 1 is 0.935 bits per heavy atom. The van der Waals surface area contributed by atoms with Gasteiger partial charge in [-0.2, -0.15) is 0 Å². The number of carbonyl (C=O) groups excluding carboxylic acids is 1. The first-order valence-electron chi connectivity index (χ1n) is 10.9. The minimum atomic E-state index is -3.06. The van der Waals surface area contributed by atoms with Crippen molar-refractivity contribution in [3.05, 3.63) is 90.5 Å². The summed E-state index contributed by atoms with van der Waals surface area (Å²) in [6.45, 7) is 6.67. The van der Waals surface area contributed by atoms with Crippen molar-refractivity contribution in [2.75, 3.05) is 6.61 Å². The average Bonchev–Trinajstić information content (AvgIpc) is 3.46. The van der Waals surface area contributed by atoms with Gasteiger partial charge in [-0.3, -0.25) is 0 Å². The number of esters is 1. The fraction of sp³-hybridized carbons (Fsp3) is 0.296. The molecule has 1 saturated carbocycles. The molecule has 1 aliphatic carbocycles. The van der Waals surface area contributed by atoms with Crippen LogP contribution in [0.1, 0.15) is 32.3 Å². The zero-order chi connectivity index (χ0) is 22.1. The summed E-state index contributed by atoms with van der Waals surface area (Å²) in [6.07, 6.45) is 1.42. The molecule has 0 radical (unpaired) electrons. The summed E-state index contributed by atoms with van der Waals surface area (Å²) in [5, 5.41) is 0.869. The van der Waals surface area contributed by atoms with Crippen molar-refractivity contribution in [3.8, 4) is 0 Å². The molecule has 2 atom stereocenters. The zero-order valence-electron chi connectivity index (χ0n) is 18.4. The molecule has 31 heavy (non-hydrogen) atoms. The first-order chi connectivity index (χ1) is 14.8. The van der Waals surface area contributed by atoms with E-state index in [9.17, 15) is 4.79 Å². The minimum absolute atomic E-state index is 0.102. The van der Waals surface area contributed by atoms with Crippen LogP contribution in [0, 0.1) is 12.3 Å². The molecule has 0 N–H and O–H groups in total. The summed E-state index contributed by atoms with van der Waals surface area (Å²) in [6, 6.07) is 30.6. The summed E-state index contributed by atoms with van der Waals surface area (Å²) >= 11 is 4.55. The van der Waals surface area contributed by atoms with Crippen molar-refractivity contribution < 1.29 is 9.53 Å². The van der Waals surface area contributed by atoms with Crippen LogP contribution in [0.3, 0.4) is 0 Å². The van der Waals surface area contributed by atoms with Crippen LogP contribution in [-0.2, 0) is 9.53 Å². The number of benzene rings is 3. The van der Waals surface area contributed by atoms with Crippen LogP contribution in [-0.4, -0.2) is 18.2 Å². The van der Waals surface area contributed by atoms with E-state index in [-0.39, 0.29) is 11.4 Å². The predicted molar refractivity (Wildman–Crippen MR) is 137 cm³/mol. The van der Waals surface area contributed by atoms with Gasteiger partial charge in [-0.05, 0) is 0 Å². The van der Waals surface area contributed by atoms with Gasteiger partial charge in [0.2, 0.25) is 0 Å². The van der Waals surface area contributed by atoms with E-state index >= 15 is 0 Å². The van der Waals surface area contributed by atoms with Gasteiger partial charge in [-0.1, -0.05) is 0 Å². The van der Waals surface area contributed by atoms with Crippen molar-refractivity contribution in [2.24, 2.45) is 5.41 Å². The summed E-state index contributed by atoms with van der Waals surface area (Å²) in [5.74, 6) is -0.102. The maximum atomic E-state index is 12.5. The average molecular weight is 497 g/mol. The fourth-order valence-corrected chi connectivity index (χ4v) is 15.4. The molecule has 3 aromatic rings. The molecule has 0 saturated heterocycles. The maximum absolute atomic E-state index is 12.5. The monoisotopic (exact) mass is 496 g/mol. The Morgan fingerprint density at radius 2 is 1.42 bits per heavy atom. The van der Waals surface area contributed by atoms with Crippen LogP contribution < -0.4 is 15.9 Å². The van der Waals surface area contributed by atoms with Crippen LogP contribution in [0.4, 0.5) is 0 Å². The van der Waals surface area contributed by atoms with Gasteiger partial charge in [-0.15, -0.1) is 0 Å². The number of hydrogen-bond acceptors (Lipinski definition) is 2. The Balaban J connectivity index is 1.99.